The first-order valence-corrected chi connectivity index (χ1v) is 7.68. The van der Waals surface area contributed by atoms with E-state index in [2.05, 4.69) is 79.3 Å². The van der Waals surface area contributed by atoms with Crippen LogP contribution in [0.5, 0.6) is 0 Å². The third kappa shape index (κ3) is 2.49. The lowest BCUT2D eigenvalue weighted by molar-refractivity contribution is 0.968. The van der Waals surface area contributed by atoms with E-state index in [1.54, 1.807) is 0 Å². The zero-order valence-corrected chi connectivity index (χ0v) is 12.3. The average Bonchev–Trinajstić information content (AvgIpc) is 2.81. The lowest BCUT2D eigenvalue weighted by Gasteiger charge is -2.11. The molecule has 2 heteroatoms. The first kappa shape index (κ1) is 12.2. The smallest absolute Gasteiger partial charge is 0.0887 e. The van der Waals surface area contributed by atoms with Gasteiger partial charge < -0.3 is 4.57 Å². The molecular weight excluding hydrogens is 246 g/mol. The highest BCUT2D eigenvalue weighted by atomic mass is 28.2. The lowest BCUT2D eigenvalue weighted by Crippen LogP contribution is -2.19. The molecule has 0 fully saturated rings. The number of rotatable bonds is 3. The molecule has 2 radical (unpaired) electrons. The number of aromatic nitrogens is 1. The Bertz CT molecular complexity index is 685. The molecule has 0 amide bonds. The van der Waals surface area contributed by atoms with Crippen LogP contribution in [-0.2, 0) is 7.05 Å². The Kier molecular flexibility index (Phi) is 3.26. The number of benzene rings is 2. The van der Waals surface area contributed by atoms with E-state index in [1.807, 2.05) is 0 Å². The van der Waals surface area contributed by atoms with Gasteiger partial charge in [-0.05, 0) is 34.7 Å². The Labute approximate surface area is 116 Å². The number of hydrogen-bond donors (Lipinski definition) is 0. The summed E-state index contributed by atoms with van der Waals surface area (Å²) < 4.78 is 2.17. The predicted molar refractivity (Wildman–Crippen MR) is 83.2 cm³/mol. The number of nitrogens with zero attached hydrogens (tertiary/aromatic N) is 1. The van der Waals surface area contributed by atoms with Crippen molar-refractivity contribution in [1.82, 2.24) is 4.57 Å². The van der Waals surface area contributed by atoms with Gasteiger partial charge in [-0.25, -0.2) is 0 Å². The quantitative estimate of drug-likeness (QED) is 0.639. The van der Waals surface area contributed by atoms with Gasteiger partial charge in [0.25, 0.3) is 0 Å². The zero-order chi connectivity index (χ0) is 13.2. The molecule has 2 aromatic carbocycles. The molecule has 1 nitrogen and oxygen atoms in total. The van der Waals surface area contributed by atoms with Gasteiger partial charge in [-0.2, -0.15) is 0 Å². The normalized spacial score (nSPS) is 12.7. The molecule has 1 atom stereocenters. The van der Waals surface area contributed by atoms with Gasteiger partial charge in [0.1, 0.15) is 0 Å². The third-order valence-electron chi connectivity index (χ3n) is 3.57. The van der Waals surface area contributed by atoms with E-state index < -0.39 is 0 Å². The monoisotopic (exact) mass is 263 g/mol. The molecule has 94 valence electrons. The Balaban J connectivity index is 1.87. The highest BCUT2D eigenvalue weighted by molar-refractivity contribution is 6.54. The average molecular weight is 263 g/mol. The van der Waals surface area contributed by atoms with Gasteiger partial charge in [-0.3, -0.25) is 0 Å². The second-order valence-electron chi connectivity index (χ2n) is 4.98. The van der Waals surface area contributed by atoms with Crippen LogP contribution in [0.2, 0.25) is 0 Å². The van der Waals surface area contributed by atoms with Crippen molar-refractivity contribution in [3.63, 3.8) is 0 Å². The SMILES string of the molecule is CC([Si]c1ccccc1)c1ccc2c(ccn2C)c1. The van der Waals surface area contributed by atoms with Gasteiger partial charge >= 0.3 is 0 Å². The molecule has 0 aliphatic heterocycles. The molecule has 3 rings (SSSR count). The van der Waals surface area contributed by atoms with E-state index in [0.717, 1.165) is 9.52 Å². The predicted octanol–water partition coefficient (Wildman–Crippen LogP) is 3.27. The van der Waals surface area contributed by atoms with Crippen LogP contribution in [0.1, 0.15) is 18.0 Å². The van der Waals surface area contributed by atoms with E-state index in [1.165, 1.54) is 21.7 Å². The Morgan fingerprint density at radius 1 is 1.00 bits per heavy atom. The second-order valence-corrected chi connectivity index (χ2v) is 6.71. The molecule has 1 aromatic heterocycles. The minimum absolute atomic E-state index is 0.576. The fourth-order valence-corrected chi connectivity index (χ4v) is 3.67. The molecule has 19 heavy (non-hydrogen) atoms. The summed E-state index contributed by atoms with van der Waals surface area (Å²) >= 11 is 0. The van der Waals surface area contributed by atoms with Crippen molar-refractivity contribution in [1.29, 1.82) is 0 Å². The zero-order valence-electron chi connectivity index (χ0n) is 11.3. The number of hydrogen-bond acceptors (Lipinski definition) is 0. The minimum Gasteiger partial charge on any atom is -0.351 e. The fraction of sp³-hybridized carbons (Fsp3) is 0.176. The Morgan fingerprint density at radius 3 is 2.58 bits per heavy atom. The molecule has 0 N–H and O–H groups in total. The molecule has 1 unspecified atom stereocenters. The maximum absolute atomic E-state index is 2.33. The van der Waals surface area contributed by atoms with Crippen molar-refractivity contribution in [2.24, 2.45) is 7.05 Å². The standard InChI is InChI=1S/C17H17NSi/c1-13(19-16-6-4-3-5-7-16)14-8-9-17-15(12-14)10-11-18(17)2/h3-13H,1-2H3. The van der Waals surface area contributed by atoms with Crippen molar-refractivity contribution >= 4 is 25.6 Å². The maximum atomic E-state index is 2.33. The molecule has 0 saturated carbocycles. The van der Waals surface area contributed by atoms with Crippen LogP contribution in [-0.4, -0.2) is 14.1 Å². The molecule has 3 aromatic rings. The molecule has 0 saturated heterocycles. The molecule has 1 heterocycles. The second kappa shape index (κ2) is 5.06. The summed E-state index contributed by atoms with van der Waals surface area (Å²) in [5.41, 5.74) is 3.31. The van der Waals surface area contributed by atoms with E-state index >= 15 is 0 Å². The van der Waals surface area contributed by atoms with E-state index in [9.17, 15) is 0 Å². The van der Waals surface area contributed by atoms with Crippen molar-refractivity contribution < 1.29 is 0 Å². The molecule has 0 bridgehead atoms. The largest absolute Gasteiger partial charge is 0.351 e. The van der Waals surface area contributed by atoms with Crippen LogP contribution in [0.25, 0.3) is 10.9 Å². The summed E-state index contributed by atoms with van der Waals surface area (Å²) in [4.78, 5) is 0. The Morgan fingerprint density at radius 2 is 1.79 bits per heavy atom. The molecular formula is C17H17NSi. The number of aryl methyl sites for hydroxylation is 1. The van der Waals surface area contributed by atoms with Gasteiger partial charge in [-0.15, -0.1) is 0 Å². The van der Waals surface area contributed by atoms with Gasteiger partial charge in [0.2, 0.25) is 0 Å². The number of fused-ring (bicyclic) bond motifs is 1. The van der Waals surface area contributed by atoms with Crippen molar-refractivity contribution in [2.45, 2.75) is 12.5 Å². The molecule has 0 spiro atoms. The van der Waals surface area contributed by atoms with Crippen molar-refractivity contribution in [2.75, 3.05) is 0 Å². The molecule has 0 aliphatic rings. The Hall–Kier alpha value is -1.80. The van der Waals surface area contributed by atoms with Crippen LogP contribution in [0, 0.1) is 0 Å². The summed E-state index contributed by atoms with van der Waals surface area (Å²) in [6, 6.07) is 19.8. The van der Waals surface area contributed by atoms with Gasteiger partial charge in [0.05, 0.1) is 9.52 Å². The maximum Gasteiger partial charge on any atom is 0.0887 e. The minimum atomic E-state index is 0.576. The fourth-order valence-electron chi connectivity index (χ4n) is 2.44. The lowest BCUT2D eigenvalue weighted by atomic mass is 10.1. The van der Waals surface area contributed by atoms with Crippen LogP contribution in [0.3, 0.4) is 0 Å². The first-order valence-electron chi connectivity index (χ1n) is 6.60. The summed E-state index contributed by atoms with van der Waals surface area (Å²) in [5, 5.41) is 2.77. The van der Waals surface area contributed by atoms with Gasteiger partial charge in [0, 0.05) is 18.8 Å². The van der Waals surface area contributed by atoms with Gasteiger partial charge in [-0.1, -0.05) is 48.5 Å². The van der Waals surface area contributed by atoms with E-state index in [-0.39, 0.29) is 0 Å². The first-order chi connectivity index (χ1) is 9.24. The summed E-state index contributed by atoms with van der Waals surface area (Å²) in [6.07, 6.45) is 2.12. The summed E-state index contributed by atoms with van der Waals surface area (Å²) in [7, 11) is 2.92. The van der Waals surface area contributed by atoms with Crippen LogP contribution in [0.4, 0.5) is 0 Å². The molecule has 0 aliphatic carbocycles. The van der Waals surface area contributed by atoms with Crippen LogP contribution >= 0.6 is 0 Å². The summed E-state index contributed by atoms with van der Waals surface area (Å²) in [5.74, 6) is 0. The van der Waals surface area contributed by atoms with Crippen molar-refractivity contribution in [3.05, 3.63) is 66.4 Å². The topological polar surface area (TPSA) is 4.93 Å². The van der Waals surface area contributed by atoms with Crippen molar-refractivity contribution in [3.8, 4) is 0 Å². The van der Waals surface area contributed by atoms with Gasteiger partial charge in [0.15, 0.2) is 0 Å². The van der Waals surface area contributed by atoms with Crippen LogP contribution in [0.15, 0.2) is 60.8 Å². The van der Waals surface area contributed by atoms with E-state index in [0.29, 0.717) is 5.54 Å². The van der Waals surface area contributed by atoms with E-state index in [4.69, 9.17) is 0 Å². The highest BCUT2D eigenvalue weighted by Gasteiger charge is 2.09. The third-order valence-corrected chi connectivity index (χ3v) is 5.00. The highest BCUT2D eigenvalue weighted by Crippen LogP contribution is 2.21. The van der Waals surface area contributed by atoms with Crippen LogP contribution < -0.4 is 5.19 Å². The summed E-state index contributed by atoms with van der Waals surface area (Å²) in [6.45, 7) is 2.32.